The van der Waals surface area contributed by atoms with Gasteiger partial charge in [-0.3, -0.25) is 0 Å². The molecule has 1 N–H and O–H groups in total. The van der Waals surface area contributed by atoms with Crippen LogP contribution in [0.5, 0.6) is 0 Å². The molecule has 0 aliphatic heterocycles. The number of halogens is 1. The number of hydrogen-bond donors (Lipinski definition) is 1. The average molecular weight is 328 g/mol. The van der Waals surface area contributed by atoms with Crippen LogP contribution in [-0.2, 0) is 12.8 Å². The van der Waals surface area contributed by atoms with Gasteiger partial charge in [-0.15, -0.1) is 0 Å². The SMILES string of the molecule is Cc1ccc(Br)cc1Nc1nc2c(cc1C#N)CCC2. The number of nitrogens with zero attached hydrogens (tertiary/aromatic N) is 2. The number of benzene rings is 1. The largest absolute Gasteiger partial charge is 0.339 e. The third kappa shape index (κ3) is 2.41. The number of anilines is 2. The molecule has 0 spiro atoms. The first-order valence-corrected chi connectivity index (χ1v) is 7.43. The number of rotatable bonds is 2. The van der Waals surface area contributed by atoms with Crippen LogP contribution in [0.1, 0.15) is 28.8 Å². The summed E-state index contributed by atoms with van der Waals surface area (Å²) in [4.78, 5) is 4.64. The van der Waals surface area contributed by atoms with Crippen molar-refractivity contribution < 1.29 is 0 Å². The van der Waals surface area contributed by atoms with Crippen molar-refractivity contribution in [3.63, 3.8) is 0 Å². The van der Waals surface area contributed by atoms with Gasteiger partial charge in [0.25, 0.3) is 0 Å². The molecule has 100 valence electrons. The van der Waals surface area contributed by atoms with E-state index in [1.54, 1.807) is 0 Å². The third-order valence-electron chi connectivity index (χ3n) is 3.62. The monoisotopic (exact) mass is 327 g/mol. The molecule has 1 aliphatic carbocycles. The number of fused-ring (bicyclic) bond motifs is 1. The smallest absolute Gasteiger partial charge is 0.148 e. The van der Waals surface area contributed by atoms with Gasteiger partial charge in [0.05, 0.1) is 5.56 Å². The first-order chi connectivity index (χ1) is 9.67. The van der Waals surface area contributed by atoms with Crippen LogP contribution in [0.2, 0.25) is 0 Å². The molecule has 3 rings (SSSR count). The quantitative estimate of drug-likeness (QED) is 0.896. The van der Waals surface area contributed by atoms with Crippen molar-refractivity contribution in [2.24, 2.45) is 0 Å². The molecule has 0 atom stereocenters. The maximum absolute atomic E-state index is 9.31. The number of nitriles is 1. The summed E-state index contributed by atoms with van der Waals surface area (Å²) in [5, 5.41) is 12.6. The Morgan fingerprint density at radius 3 is 2.95 bits per heavy atom. The lowest BCUT2D eigenvalue weighted by Gasteiger charge is -2.12. The molecule has 4 heteroatoms. The van der Waals surface area contributed by atoms with Gasteiger partial charge in [0.1, 0.15) is 11.9 Å². The minimum atomic E-state index is 0.616. The van der Waals surface area contributed by atoms with E-state index in [1.165, 1.54) is 5.56 Å². The molecule has 1 aliphatic rings. The summed E-state index contributed by atoms with van der Waals surface area (Å²) in [6.45, 7) is 2.04. The average Bonchev–Trinajstić information content (AvgIpc) is 2.89. The topological polar surface area (TPSA) is 48.7 Å². The molecular weight excluding hydrogens is 314 g/mol. The Bertz CT molecular complexity index is 716. The van der Waals surface area contributed by atoms with Crippen molar-refractivity contribution in [3.8, 4) is 6.07 Å². The molecule has 20 heavy (non-hydrogen) atoms. The third-order valence-corrected chi connectivity index (χ3v) is 4.12. The van der Waals surface area contributed by atoms with Crippen molar-refractivity contribution in [2.75, 3.05) is 5.32 Å². The van der Waals surface area contributed by atoms with Crippen LogP contribution in [0.15, 0.2) is 28.7 Å². The van der Waals surface area contributed by atoms with Gasteiger partial charge in [0.2, 0.25) is 0 Å². The highest BCUT2D eigenvalue weighted by Gasteiger charge is 2.16. The molecule has 0 saturated carbocycles. The van der Waals surface area contributed by atoms with E-state index in [4.69, 9.17) is 0 Å². The van der Waals surface area contributed by atoms with Gasteiger partial charge in [0, 0.05) is 15.9 Å². The Hall–Kier alpha value is -1.86. The van der Waals surface area contributed by atoms with Crippen molar-refractivity contribution in [1.82, 2.24) is 4.98 Å². The summed E-state index contributed by atoms with van der Waals surface area (Å²) < 4.78 is 1.00. The Kier molecular flexibility index (Phi) is 3.45. The van der Waals surface area contributed by atoms with Gasteiger partial charge in [-0.1, -0.05) is 22.0 Å². The first kappa shape index (κ1) is 13.1. The fourth-order valence-corrected chi connectivity index (χ4v) is 2.87. The summed E-state index contributed by atoms with van der Waals surface area (Å²) in [5.41, 5.74) is 5.06. The van der Waals surface area contributed by atoms with Crippen LogP contribution in [-0.4, -0.2) is 4.98 Å². The standard InChI is InChI=1S/C16H14BrN3/c1-10-5-6-13(17)8-15(10)20-16-12(9-18)7-11-3-2-4-14(11)19-16/h5-8H,2-4H2,1H3,(H,19,20). The molecule has 2 aromatic rings. The van der Waals surface area contributed by atoms with E-state index >= 15 is 0 Å². The molecule has 0 radical (unpaired) electrons. The highest BCUT2D eigenvalue weighted by molar-refractivity contribution is 9.10. The predicted octanol–water partition coefficient (Wildman–Crippen LogP) is 4.26. The fourth-order valence-electron chi connectivity index (χ4n) is 2.51. The highest BCUT2D eigenvalue weighted by Crippen LogP contribution is 2.29. The van der Waals surface area contributed by atoms with E-state index in [0.717, 1.165) is 40.7 Å². The van der Waals surface area contributed by atoms with E-state index in [2.05, 4.69) is 32.3 Å². The molecule has 3 nitrogen and oxygen atoms in total. The van der Waals surface area contributed by atoms with Crippen LogP contribution >= 0.6 is 15.9 Å². The zero-order chi connectivity index (χ0) is 14.1. The molecular formula is C16H14BrN3. The van der Waals surface area contributed by atoms with Crippen LogP contribution in [0, 0.1) is 18.3 Å². The van der Waals surface area contributed by atoms with Gasteiger partial charge >= 0.3 is 0 Å². The Balaban J connectivity index is 2.02. The second-order valence-corrected chi connectivity index (χ2v) is 5.96. The first-order valence-electron chi connectivity index (χ1n) is 6.63. The highest BCUT2D eigenvalue weighted by atomic mass is 79.9. The minimum Gasteiger partial charge on any atom is -0.339 e. The molecule has 0 bridgehead atoms. The Morgan fingerprint density at radius 2 is 2.15 bits per heavy atom. The molecule has 0 fully saturated rings. The zero-order valence-corrected chi connectivity index (χ0v) is 12.8. The second kappa shape index (κ2) is 5.26. The molecule has 0 saturated heterocycles. The molecule has 0 amide bonds. The summed E-state index contributed by atoms with van der Waals surface area (Å²) in [6, 6.07) is 10.3. The number of aromatic nitrogens is 1. The van der Waals surface area contributed by atoms with Crippen molar-refractivity contribution in [3.05, 3.63) is 51.1 Å². The second-order valence-electron chi connectivity index (χ2n) is 5.04. The number of aryl methyl sites for hydroxylation is 3. The lowest BCUT2D eigenvalue weighted by atomic mass is 10.1. The fraction of sp³-hybridized carbons (Fsp3) is 0.250. The van der Waals surface area contributed by atoms with E-state index in [-0.39, 0.29) is 0 Å². The lowest BCUT2D eigenvalue weighted by Crippen LogP contribution is -2.02. The number of hydrogen-bond acceptors (Lipinski definition) is 3. The van der Waals surface area contributed by atoms with Gasteiger partial charge < -0.3 is 5.32 Å². The maximum atomic E-state index is 9.31. The summed E-state index contributed by atoms with van der Waals surface area (Å²) in [7, 11) is 0. The Labute approximate surface area is 126 Å². The summed E-state index contributed by atoms with van der Waals surface area (Å²) in [6.07, 6.45) is 3.17. The summed E-state index contributed by atoms with van der Waals surface area (Å²) >= 11 is 3.47. The molecule has 1 aromatic heterocycles. The maximum Gasteiger partial charge on any atom is 0.148 e. The lowest BCUT2D eigenvalue weighted by molar-refractivity contribution is 0.900. The normalized spacial score (nSPS) is 12.8. The number of pyridine rings is 1. The van der Waals surface area contributed by atoms with Gasteiger partial charge in [-0.05, 0) is 55.5 Å². The van der Waals surface area contributed by atoms with Crippen molar-refractivity contribution >= 4 is 27.4 Å². The van der Waals surface area contributed by atoms with Crippen molar-refractivity contribution in [2.45, 2.75) is 26.2 Å². The minimum absolute atomic E-state index is 0.616. The predicted molar refractivity (Wildman–Crippen MR) is 83.1 cm³/mol. The van der Waals surface area contributed by atoms with Gasteiger partial charge in [-0.2, -0.15) is 5.26 Å². The van der Waals surface area contributed by atoms with Crippen LogP contribution < -0.4 is 5.32 Å². The van der Waals surface area contributed by atoms with Crippen LogP contribution in [0.4, 0.5) is 11.5 Å². The Morgan fingerprint density at radius 1 is 1.30 bits per heavy atom. The van der Waals surface area contributed by atoms with E-state index < -0.39 is 0 Å². The van der Waals surface area contributed by atoms with Crippen LogP contribution in [0.3, 0.4) is 0 Å². The van der Waals surface area contributed by atoms with Crippen LogP contribution in [0.25, 0.3) is 0 Å². The molecule has 0 unspecified atom stereocenters. The van der Waals surface area contributed by atoms with E-state index in [9.17, 15) is 5.26 Å². The number of nitrogens with one attached hydrogen (secondary N) is 1. The summed E-state index contributed by atoms with van der Waals surface area (Å²) in [5.74, 6) is 0.661. The zero-order valence-electron chi connectivity index (χ0n) is 11.2. The van der Waals surface area contributed by atoms with Crippen molar-refractivity contribution in [1.29, 1.82) is 5.26 Å². The van der Waals surface area contributed by atoms with E-state index in [1.807, 2.05) is 31.2 Å². The van der Waals surface area contributed by atoms with Gasteiger partial charge in [0.15, 0.2) is 0 Å². The molecule has 1 aromatic carbocycles. The van der Waals surface area contributed by atoms with Gasteiger partial charge in [-0.25, -0.2) is 4.98 Å². The molecule has 1 heterocycles. The van der Waals surface area contributed by atoms with E-state index in [0.29, 0.717) is 11.4 Å².